The van der Waals surface area contributed by atoms with Crippen molar-refractivity contribution >= 4 is 11.7 Å². The number of aryl methyl sites for hydroxylation is 1. The average Bonchev–Trinajstić information content (AvgIpc) is 2.17. The van der Waals surface area contributed by atoms with Crippen molar-refractivity contribution < 1.29 is 22.7 Å². The summed E-state index contributed by atoms with van der Waals surface area (Å²) in [5.41, 5.74) is 6.59. The highest BCUT2D eigenvalue weighted by molar-refractivity contribution is 5.90. The van der Waals surface area contributed by atoms with Crippen LogP contribution in [0.5, 0.6) is 0 Å². The largest absolute Gasteiger partial charge is 0.452 e. The predicted molar refractivity (Wildman–Crippen MR) is 51.9 cm³/mol. The molecular formula is C10H10F3NO2. The van der Waals surface area contributed by atoms with Crippen LogP contribution in [0.25, 0.3) is 0 Å². The third-order valence-corrected chi connectivity index (χ3v) is 1.88. The van der Waals surface area contributed by atoms with Crippen molar-refractivity contribution in [2.24, 2.45) is 0 Å². The molecule has 0 aliphatic rings. The normalized spacial score (nSPS) is 11.2. The van der Waals surface area contributed by atoms with E-state index in [0.717, 1.165) is 5.56 Å². The minimum atomic E-state index is -4.52. The van der Waals surface area contributed by atoms with Gasteiger partial charge in [0.15, 0.2) is 6.61 Å². The van der Waals surface area contributed by atoms with E-state index in [1.807, 2.05) is 0 Å². The highest BCUT2D eigenvalue weighted by Crippen LogP contribution is 2.17. The Balaban J connectivity index is 2.70. The van der Waals surface area contributed by atoms with Gasteiger partial charge < -0.3 is 10.5 Å². The molecule has 0 amide bonds. The SMILES string of the molecule is Cc1ccc(C(=O)OCC(F)(F)F)cc1N. The van der Waals surface area contributed by atoms with Gasteiger partial charge in [-0.15, -0.1) is 0 Å². The smallest absolute Gasteiger partial charge is 0.422 e. The molecule has 1 aromatic rings. The van der Waals surface area contributed by atoms with E-state index in [-0.39, 0.29) is 5.56 Å². The Kier molecular flexibility index (Phi) is 3.41. The molecule has 0 radical (unpaired) electrons. The van der Waals surface area contributed by atoms with Crippen molar-refractivity contribution in [3.63, 3.8) is 0 Å². The summed E-state index contributed by atoms with van der Waals surface area (Å²) in [5.74, 6) is -1.04. The van der Waals surface area contributed by atoms with Gasteiger partial charge in [0.05, 0.1) is 5.56 Å². The van der Waals surface area contributed by atoms with Crippen LogP contribution >= 0.6 is 0 Å². The molecular weight excluding hydrogens is 223 g/mol. The molecule has 0 saturated carbocycles. The lowest BCUT2D eigenvalue weighted by atomic mass is 10.1. The Labute approximate surface area is 90.0 Å². The zero-order chi connectivity index (χ0) is 12.3. The molecule has 0 bridgehead atoms. The fourth-order valence-electron chi connectivity index (χ4n) is 0.998. The molecule has 88 valence electrons. The van der Waals surface area contributed by atoms with Crippen LogP contribution in [0.1, 0.15) is 15.9 Å². The fraction of sp³-hybridized carbons (Fsp3) is 0.300. The molecule has 0 aliphatic heterocycles. The summed E-state index contributed by atoms with van der Waals surface area (Å²) in [6, 6.07) is 4.19. The molecule has 0 saturated heterocycles. The molecule has 1 rings (SSSR count). The van der Waals surface area contributed by atoms with Crippen LogP contribution in [0, 0.1) is 6.92 Å². The molecule has 0 unspecified atom stereocenters. The number of ether oxygens (including phenoxy) is 1. The van der Waals surface area contributed by atoms with Gasteiger partial charge in [-0.3, -0.25) is 0 Å². The maximum atomic E-state index is 11.8. The molecule has 16 heavy (non-hydrogen) atoms. The number of hydrogen-bond acceptors (Lipinski definition) is 3. The first-order valence-electron chi connectivity index (χ1n) is 4.39. The third kappa shape index (κ3) is 3.45. The lowest BCUT2D eigenvalue weighted by Gasteiger charge is -2.08. The van der Waals surface area contributed by atoms with Crippen molar-refractivity contribution in [3.05, 3.63) is 29.3 Å². The number of halogens is 3. The van der Waals surface area contributed by atoms with E-state index < -0.39 is 18.8 Å². The van der Waals surface area contributed by atoms with Crippen molar-refractivity contribution in [2.75, 3.05) is 12.3 Å². The van der Waals surface area contributed by atoms with Gasteiger partial charge in [-0.1, -0.05) is 6.07 Å². The number of alkyl halides is 3. The molecule has 3 nitrogen and oxygen atoms in total. The molecule has 0 fully saturated rings. The summed E-state index contributed by atoms with van der Waals surface area (Å²) in [6.45, 7) is 0.125. The summed E-state index contributed by atoms with van der Waals surface area (Å²) >= 11 is 0. The molecule has 2 N–H and O–H groups in total. The van der Waals surface area contributed by atoms with Crippen LogP contribution in [0.15, 0.2) is 18.2 Å². The lowest BCUT2D eigenvalue weighted by molar-refractivity contribution is -0.161. The highest BCUT2D eigenvalue weighted by atomic mass is 19.4. The van der Waals surface area contributed by atoms with Gasteiger partial charge in [0.1, 0.15) is 0 Å². The Morgan fingerprint density at radius 3 is 2.56 bits per heavy atom. The van der Waals surface area contributed by atoms with Gasteiger partial charge in [-0.25, -0.2) is 4.79 Å². The minimum Gasteiger partial charge on any atom is -0.452 e. The summed E-state index contributed by atoms with van der Waals surface area (Å²) in [6.07, 6.45) is -4.52. The van der Waals surface area contributed by atoms with Gasteiger partial charge in [-0.2, -0.15) is 13.2 Å². The second-order valence-electron chi connectivity index (χ2n) is 3.26. The van der Waals surface area contributed by atoms with Gasteiger partial charge in [0.25, 0.3) is 0 Å². The number of carbonyl (C=O) groups is 1. The number of esters is 1. The van der Waals surface area contributed by atoms with Crippen LogP contribution in [-0.2, 0) is 4.74 Å². The van der Waals surface area contributed by atoms with Crippen molar-refractivity contribution in [1.82, 2.24) is 0 Å². The van der Waals surface area contributed by atoms with Gasteiger partial charge >= 0.3 is 12.1 Å². The molecule has 0 heterocycles. The zero-order valence-electron chi connectivity index (χ0n) is 8.47. The summed E-state index contributed by atoms with van der Waals surface area (Å²) in [5, 5.41) is 0. The van der Waals surface area contributed by atoms with E-state index in [1.165, 1.54) is 12.1 Å². The Bertz CT molecular complexity index is 402. The van der Waals surface area contributed by atoms with E-state index in [2.05, 4.69) is 4.74 Å². The number of nitrogen functional groups attached to an aromatic ring is 1. The predicted octanol–water partition coefficient (Wildman–Crippen LogP) is 2.30. The van der Waals surface area contributed by atoms with Gasteiger partial charge in [0.2, 0.25) is 0 Å². The first-order valence-corrected chi connectivity index (χ1v) is 4.39. The summed E-state index contributed by atoms with van der Waals surface area (Å²) in [7, 11) is 0. The van der Waals surface area contributed by atoms with Crippen LogP contribution in [0.4, 0.5) is 18.9 Å². The van der Waals surface area contributed by atoms with Gasteiger partial charge in [-0.05, 0) is 24.6 Å². The Hall–Kier alpha value is -1.72. The second-order valence-corrected chi connectivity index (χ2v) is 3.26. The zero-order valence-corrected chi connectivity index (χ0v) is 8.47. The average molecular weight is 233 g/mol. The van der Waals surface area contributed by atoms with Crippen LogP contribution in [0.3, 0.4) is 0 Å². The number of nitrogens with two attached hydrogens (primary N) is 1. The standard InChI is InChI=1S/C10H10F3NO2/c1-6-2-3-7(4-8(6)14)9(15)16-5-10(11,12)13/h2-4H,5,14H2,1H3. The topological polar surface area (TPSA) is 52.3 Å². The van der Waals surface area contributed by atoms with Crippen molar-refractivity contribution in [2.45, 2.75) is 13.1 Å². The molecule has 0 atom stereocenters. The molecule has 0 aromatic heterocycles. The van der Waals surface area contributed by atoms with Crippen LogP contribution in [-0.4, -0.2) is 18.8 Å². The molecule has 6 heteroatoms. The van der Waals surface area contributed by atoms with E-state index in [1.54, 1.807) is 13.0 Å². The molecule has 0 spiro atoms. The van der Waals surface area contributed by atoms with E-state index in [0.29, 0.717) is 5.69 Å². The first kappa shape index (κ1) is 12.4. The molecule has 1 aromatic carbocycles. The van der Waals surface area contributed by atoms with Gasteiger partial charge in [0, 0.05) is 5.69 Å². The summed E-state index contributed by atoms with van der Waals surface area (Å²) in [4.78, 5) is 11.2. The minimum absolute atomic E-state index is 0.00681. The van der Waals surface area contributed by atoms with Crippen molar-refractivity contribution in [3.8, 4) is 0 Å². The summed E-state index contributed by atoms with van der Waals surface area (Å²) < 4.78 is 39.4. The molecule has 0 aliphatic carbocycles. The van der Waals surface area contributed by atoms with E-state index in [4.69, 9.17) is 5.73 Å². The fourth-order valence-corrected chi connectivity index (χ4v) is 0.998. The van der Waals surface area contributed by atoms with E-state index >= 15 is 0 Å². The Morgan fingerprint density at radius 2 is 2.06 bits per heavy atom. The monoisotopic (exact) mass is 233 g/mol. The maximum Gasteiger partial charge on any atom is 0.422 e. The van der Waals surface area contributed by atoms with Crippen LogP contribution in [0.2, 0.25) is 0 Å². The Morgan fingerprint density at radius 1 is 1.44 bits per heavy atom. The number of carbonyl (C=O) groups excluding carboxylic acids is 1. The lowest BCUT2D eigenvalue weighted by Crippen LogP contribution is -2.20. The number of rotatable bonds is 2. The second kappa shape index (κ2) is 4.42. The number of benzene rings is 1. The first-order chi connectivity index (χ1) is 7.29. The maximum absolute atomic E-state index is 11.8. The quantitative estimate of drug-likeness (QED) is 0.629. The van der Waals surface area contributed by atoms with Crippen LogP contribution < -0.4 is 5.73 Å². The highest BCUT2D eigenvalue weighted by Gasteiger charge is 2.29. The third-order valence-electron chi connectivity index (χ3n) is 1.88. The van der Waals surface area contributed by atoms with Crippen molar-refractivity contribution in [1.29, 1.82) is 0 Å². The number of hydrogen-bond donors (Lipinski definition) is 1. The van der Waals surface area contributed by atoms with E-state index in [9.17, 15) is 18.0 Å². The number of anilines is 1.